The van der Waals surface area contributed by atoms with Gasteiger partial charge >= 0.3 is 5.97 Å². The van der Waals surface area contributed by atoms with Gasteiger partial charge in [0.05, 0.1) is 16.3 Å². The van der Waals surface area contributed by atoms with Gasteiger partial charge in [0.1, 0.15) is 0 Å². The van der Waals surface area contributed by atoms with Gasteiger partial charge in [-0.25, -0.2) is 4.79 Å². The Morgan fingerprint density at radius 3 is 2.53 bits per heavy atom. The van der Waals surface area contributed by atoms with Gasteiger partial charge in [-0.1, -0.05) is 35.9 Å². The first kappa shape index (κ1) is 13.3. The molecule has 0 aliphatic carbocycles. The number of carboxylic acids is 1. The third kappa shape index (κ3) is 3.20. The van der Waals surface area contributed by atoms with E-state index in [2.05, 4.69) is 4.99 Å². The van der Waals surface area contributed by atoms with E-state index in [1.165, 1.54) is 0 Å². The van der Waals surface area contributed by atoms with Gasteiger partial charge in [0, 0.05) is 6.21 Å². The number of nitrogens with zero attached hydrogens (tertiary/aromatic N) is 1. The van der Waals surface area contributed by atoms with Crippen molar-refractivity contribution in [1.29, 1.82) is 0 Å². The number of hydrogen-bond acceptors (Lipinski definition) is 2. The van der Waals surface area contributed by atoms with E-state index in [-0.39, 0.29) is 5.56 Å². The Balaban J connectivity index is 2.23. The molecule has 4 heteroatoms. The van der Waals surface area contributed by atoms with Crippen LogP contribution in [0, 0.1) is 6.92 Å². The molecule has 0 radical (unpaired) electrons. The minimum atomic E-state index is -0.940. The largest absolute Gasteiger partial charge is 0.478 e. The van der Waals surface area contributed by atoms with Crippen LogP contribution in [0.5, 0.6) is 0 Å². The van der Waals surface area contributed by atoms with Crippen molar-refractivity contribution in [2.45, 2.75) is 6.92 Å². The highest BCUT2D eigenvalue weighted by Crippen LogP contribution is 2.27. The summed E-state index contributed by atoms with van der Waals surface area (Å²) in [7, 11) is 0. The molecule has 2 aromatic carbocycles. The maximum Gasteiger partial charge on any atom is 0.335 e. The molecule has 2 rings (SSSR count). The summed E-state index contributed by atoms with van der Waals surface area (Å²) in [4.78, 5) is 15.0. The molecule has 19 heavy (non-hydrogen) atoms. The second kappa shape index (κ2) is 5.67. The fourth-order valence-electron chi connectivity index (χ4n) is 1.59. The summed E-state index contributed by atoms with van der Waals surface area (Å²) < 4.78 is 0. The van der Waals surface area contributed by atoms with Crippen LogP contribution in [0.2, 0.25) is 5.02 Å². The molecule has 0 amide bonds. The molecule has 0 saturated carbocycles. The molecule has 0 spiro atoms. The number of aromatic carboxylic acids is 1. The van der Waals surface area contributed by atoms with Crippen LogP contribution in [0.3, 0.4) is 0 Å². The Labute approximate surface area is 116 Å². The molecule has 3 nitrogen and oxygen atoms in total. The highest BCUT2D eigenvalue weighted by atomic mass is 35.5. The second-order valence-corrected chi connectivity index (χ2v) is 4.47. The number of aliphatic imine (C=N–C) groups is 1. The van der Waals surface area contributed by atoms with Gasteiger partial charge in [-0.15, -0.1) is 0 Å². The predicted octanol–water partition coefficient (Wildman–Crippen LogP) is 4.10. The Morgan fingerprint density at radius 1 is 1.21 bits per heavy atom. The molecule has 0 aliphatic rings. The maximum absolute atomic E-state index is 10.7. The van der Waals surface area contributed by atoms with Crippen LogP contribution < -0.4 is 0 Å². The van der Waals surface area contributed by atoms with E-state index >= 15 is 0 Å². The Bertz CT molecular complexity index is 633. The number of aryl methyl sites for hydroxylation is 1. The lowest BCUT2D eigenvalue weighted by Crippen LogP contribution is -1.95. The molecule has 0 heterocycles. The molecule has 0 fully saturated rings. The van der Waals surface area contributed by atoms with Crippen LogP contribution in [-0.4, -0.2) is 17.3 Å². The lowest BCUT2D eigenvalue weighted by atomic mass is 10.1. The summed E-state index contributed by atoms with van der Waals surface area (Å²) in [6.45, 7) is 1.92. The van der Waals surface area contributed by atoms with Crippen molar-refractivity contribution in [2.75, 3.05) is 0 Å². The normalized spacial score (nSPS) is 10.8. The van der Waals surface area contributed by atoms with Crippen molar-refractivity contribution in [2.24, 2.45) is 4.99 Å². The van der Waals surface area contributed by atoms with Crippen LogP contribution in [0.25, 0.3) is 0 Å². The van der Waals surface area contributed by atoms with Crippen molar-refractivity contribution >= 4 is 29.5 Å². The number of halogens is 1. The molecule has 0 bridgehead atoms. The molecular weight excluding hydrogens is 262 g/mol. The second-order valence-electron chi connectivity index (χ2n) is 4.09. The zero-order chi connectivity index (χ0) is 13.8. The Hall–Kier alpha value is -2.13. The number of carboxylic acid groups (broad SMARTS) is 1. The van der Waals surface area contributed by atoms with E-state index in [1.807, 2.05) is 25.1 Å². The first-order valence-electron chi connectivity index (χ1n) is 5.70. The molecular formula is C15H12ClNO2. The molecule has 0 unspecified atom stereocenters. The average Bonchev–Trinajstić information content (AvgIpc) is 2.41. The quantitative estimate of drug-likeness (QED) is 0.856. The lowest BCUT2D eigenvalue weighted by molar-refractivity contribution is 0.0697. The van der Waals surface area contributed by atoms with Gasteiger partial charge in [0.25, 0.3) is 0 Å². The van der Waals surface area contributed by atoms with Crippen LogP contribution in [0.4, 0.5) is 5.69 Å². The maximum atomic E-state index is 10.7. The first-order chi connectivity index (χ1) is 9.08. The number of carbonyl (C=O) groups is 1. The van der Waals surface area contributed by atoms with Crippen molar-refractivity contribution in [1.82, 2.24) is 0 Å². The van der Waals surface area contributed by atoms with Crippen LogP contribution in [0.15, 0.2) is 47.5 Å². The third-order valence-corrected chi connectivity index (χ3v) is 3.17. The van der Waals surface area contributed by atoms with E-state index < -0.39 is 5.97 Å². The molecule has 2 aromatic rings. The molecule has 0 atom stereocenters. The average molecular weight is 274 g/mol. The summed E-state index contributed by atoms with van der Waals surface area (Å²) in [5, 5.41) is 9.43. The summed E-state index contributed by atoms with van der Waals surface area (Å²) in [6.07, 6.45) is 1.66. The van der Waals surface area contributed by atoms with Crippen molar-refractivity contribution in [3.63, 3.8) is 0 Å². The van der Waals surface area contributed by atoms with E-state index in [0.29, 0.717) is 10.7 Å². The van der Waals surface area contributed by atoms with Gasteiger partial charge in [0.15, 0.2) is 0 Å². The van der Waals surface area contributed by atoms with Gasteiger partial charge < -0.3 is 5.11 Å². The monoisotopic (exact) mass is 273 g/mol. The zero-order valence-electron chi connectivity index (χ0n) is 10.3. The minimum absolute atomic E-state index is 0.255. The van der Waals surface area contributed by atoms with E-state index in [9.17, 15) is 4.79 Å². The van der Waals surface area contributed by atoms with Gasteiger partial charge in [-0.05, 0) is 36.2 Å². The van der Waals surface area contributed by atoms with Gasteiger partial charge in [-0.3, -0.25) is 4.99 Å². The molecule has 96 valence electrons. The first-order valence-corrected chi connectivity index (χ1v) is 6.08. The molecule has 1 N–H and O–H groups in total. The topological polar surface area (TPSA) is 49.7 Å². The van der Waals surface area contributed by atoms with E-state index in [0.717, 1.165) is 11.1 Å². The number of benzene rings is 2. The predicted molar refractivity (Wildman–Crippen MR) is 76.8 cm³/mol. The van der Waals surface area contributed by atoms with Crippen LogP contribution in [-0.2, 0) is 0 Å². The summed E-state index contributed by atoms with van der Waals surface area (Å²) >= 11 is 6.13. The SMILES string of the molecule is Cc1cccc(/N=C/c2ccc(C(=O)O)cc2)c1Cl. The van der Waals surface area contributed by atoms with Crippen molar-refractivity contribution in [3.8, 4) is 0 Å². The zero-order valence-corrected chi connectivity index (χ0v) is 11.1. The highest BCUT2D eigenvalue weighted by Gasteiger charge is 2.02. The van der Waals surface area contributed by atoms with E-state index in [4.69, 9.17) is 16.7 Å². The smallest absolute Gasteiger partial charge is 0.335 e. The fraction of sp³-hybridized carbons (Fsp3) is 0.0667. The Kier molecular flexibility index (Phi) is 3.97. The standard InChI is InChI=1S/C15H12ClNO2/c1-10-3-2-4-13(14(10)16)17-9-11-5-7-12(8-6-11)15(18)19/h2-9H,1H3,(H,18,19)/b17-9+. The highest BCUT2D eigenvalue weighted by molar-refractivity contribution is 6.33. The van der Waals surface area contributed by atoms with Crippen molar-refractivity contribution < 1.29 is 9.90 Å². The third-order valence-electron chi connectivity index (χ3n) is 2.68. The van der Waals surface area contributed by atoms with E-state index in [1.54, 1.807) is 30.5 Å². The lowest BCUT2D eigenvalue weighted by Gasteiger charge is -2.01. The van der Waals surface area contributed by atoms with Gasteiger partial charge in [0.2, 0.25) is 0 Å². The summed E-state index contributed by atoms with van der Waals surface area (Å²) in [6, 6.07) is 12.1. The summed E-state index contributed by atoms with van der Waals surface area (Å²) in [5.74, 6) is -0.940. The molecule has 0 aromatic heterocycles. The minimum Gasteiger partial charge on any atom is -0.478 e. The van der Waals surface area contributed by atoms with Crippen molar-refractivity contribution in [3.05, 3.63) is 64.2 Å². The number of hydrogen-bond donors (Lipinski definition) is 1. The number of rotatable bonds is 3. The molecule has 0 aliphatic heterocycles. The van der Waals surface area contributed by atoms with Crippen LogP contribution in [0.1, 0.15) is 21.5 Å². The van der Waals surface area contributed by atoms with Gasteiger partial charge in [-0.2, -0.15) is 0 Å². The molecule has 0 saturated heterocycles. The fourth-order valence-corrected chi connectivity index (χ4v) is 1.76. The van der Waals surface area contributed by atoms with Crippen LogP contribution >= 0.6 is 11.6 Å². The Morgan fingerprint density at radius 2 is 1.89 bits per heavy atom. The summed E-state index contributed by atoms with van der Waals surface area (Å²) in [5.41, 5.74) is 2.75.